The highest BCUT2D eigenvalue weighted by Crippen LogP contribution is 2.38. The fraction of sp³-hybridized carbons (Fsp3) is 0.412. The predicted molar refractivity (Wildman–Crippen MR) is 86.1 cm³/mol. The van der Waals surface area contributed by atoms with Gasteiger partial charge in [0.25, 0.3) is 5.56 Å². The van der Waals surface area contributed by atoms with Gasteiger partial charge in [-0.05, 0) is 12.8 Å². The summed E-state index contributed by atoms with van der Waals surface area (Å²) in [5, 5.41) is 29.2. The molecule has 1 aromatic heterocycles. The average molecular weight is 329 g/mol. The predicted octanol–water partition coefficient (Wildman–Crippen LogP) is 1.32. The normalized spacial score (nSPS) is 17.7. The molecular weight excluding hydrogens is 310 g/mol. The maximum absolute atomic E-state index is 12.3. The van der Waals surface area contributed by atoms with Gasteiger partial charge in [-0.1, -0.05) is 0 Å². The largest absolute Gasteiger partial charge is 0.508 e. The molecule has 0 spiro atoms. The molecule has 0 radical (unpaired) electrons. The molecular formula is C17H19N3O4. The number of aromatic nitrogens is 2. The van der Waals surface area contributed by atoms with Gasteiger partial charge in [0.1, 0.15) is 23.1 Å². The van der Waals surface area contributed by atoms with Crippen molar-refractivity contribution >= 4 is 0 Å². The number of aromatic hydroxyl groups is 3. The summed E-state index contributed by atoms with van der Waals surface area (Å²) in [6, 6.07) is 2.40. The molecule has 2 aromatic rings. The number of hydrogen-bond acceptors (Lipinski definition) is 6. The quantitative estimate of drug-likeness (QED) is 0.676. The van der Waals surface area contributed by atoms with Crippen molar-refractivity contribution in [3.8, 4) is 17.2 Å². The Morgan fingerprint density at radius 2 is 1.92 bits per heavy atom. The van der Waals surface area contributed by atoms with Crippen molar-refractivity contribution in [1.29, 1.82) is 0 Å². The van der Waals surface area contributed by atoms with Gasteiger partial charge in [-0.3, -0.25) is 9.69 Å². The minimum Gasteiger partial charge on any atom is -0.508 e. The fourth-order valence-electron chi connectivity index (χ4n) is 3.20. The molecule has 1 saturated carbocycles. The van der Waals surface area contributed by atoms with Crippen LogP contribution < -0.4 is 5.56 Å². The molecule has 4 rings (SSSR count). The lowest BCUT2D eigenvalue weighted by Gasteiger charge is -2.28. The third-order valence-electron chi connectivity index (χ3n) is 4.70. The molecule has 0 unspecified atom stereocenters. The minimum absolute atomic E-state index is 0.0919. The van der Waals surface area contributed by atoms with E-state index in [-0.39, 0.29) is 22.8 Å². The Hall–Kier alpha value is -2.54. The lowest BCUT2D eigenvalue weighted by atomic mass is 10.0. The number of aromatic amines is 1. The Balaban J connectivity index is 1.58. The average Bonchev–Trinajstić information content (AvgIpc) is 3.36. The van der Waals surface area contributed by atoms with Gasteiger partial charge in [-0.25, -0.2) is 4.98 Å². The Kier molecular flexibility index (Phi) is 3.45. The zero-order chi connectivity index (χ0) is 16.8. The summed E-state index contributed by atoms with van der Waals surface area (Å²) >= 11 is 0. The summed E-state index contributed by atoms with van der Waals surface area (Å²) in [5.74, 6) is 0.711. The maximum Gasteiger partial charge on any atom is 0.255 e. The van der Waals surface area contributed by atoms with Crippen LogP contribution in [-0.4, -0.2) is 36.7 Å². The van der Waals surface area contributed by atoms with E-state index >= 15 is 0 Å². The van der Waals surface area contributed by atoms with Crippen molar-refractivity contribution < 1.29 is 15.3 Å². The molecule has 0 bridgehead atoms. The van der Waals surface area contributed by atoms with Crippen LogP contribution in [0.5, 0.6) is 17.2 Å². The van der Waals surface area contributed by atoms with Crippen molar-refractivity contribution in [2.75, 3.05) is 6.54 Å². The molecule has 1 aliphatic carbocycles. The van der Waals surface area contributed by atoms with Gasteiger partial charge in [0.15, 0.2) is 0 Å². The van der Waals surface area contributed by atoms with Crippen LogP contribution in [-0.2, 0) is 19.5 Å². The van der Waals surface area contributed by atoms with Crippen molar-refractivity contribution in [2.45, 2.75) is 38.3 Å². The van der Waals surface area contributed by atoms with Crippen LogP contribution in [0.25, 0.3) is 0 Å². The first-order valence-electron chi connectivity index (χ1n) is 8.09. The van der Waals surface area contributed by atoms with Crippen LogP contribution in [0.1, 0.15) is 41.4 Å². The number of nitrogens with one attached hydrogen (secondary N) is 1. The Bertz CT molecular complexity index is 834. The molecule has 126 valence electrons. The summed E-state index contributed by atoms with van der Waals surface area (Å²) in [6.45, 7) is 1.40. The van der Waals surface area contributed by atoms with E-state index in [1.807, 2.05) is 4.90 Å². The fourth-order valence-corrected chi connectivity index (χ4v) is 3.20. The minimum atomic E-state index is -0.189. The van der Waals surface area contributed by atoms with Crippen LogP contribution in [0, 0.1) is 0 Å². The van der Waals surface area contributed by atoms with Crippen molar-refractivity contribution in [3.05, 3.63) is 45.1 Å². The van der Waals surface area contributed by atoms with E-state index in [1.54, 1.807) is 0 Å². The van der Waals surface area contributed by atoms with E-state index < -0.39 is 0 Å². The summed E-state index contributed by atoms with van der Waals surface area (Å²) in [5.41, 5.74) is 1.76. The van der Waals surface area contributed by atoms with Crippen LogP contribution in [0.4, 0.5) is 0 Å². The number of rotatable bonds is 3. The van der Waals surface area contributed by atoms with E-state index in [1.165, 1.54) is 12.1 Å². The molecule has 7 nitrogen and oxygen atoms in total. The van der Waals surface area contributed by atoms with Crippen molar-refractivity contribution in [1.82, 2.24) is 14.9 Å². The first-order chi connectivity index (χ1) is 11.5. The summed E-state index contributed by atoms with van der Waals surface area (Å²) in [6.07, 6.45) is 2.85. The van der Waals surface area contributed by atoms with Gasteiger partial charge < -0.3 is 20.3 Å². The first-order valence-corrected chi connectivity index (χ1v) is 8.09. The van der Waals surface area contributed by atoms with E-state index in [0.29, 0.717) is 43.1 Å². The Morgan fingerprint density at radius 3 is 2.58 bits per heavy atom. The molecule has 1 fully saturated rings. The lowest BCUT2D eigenvalue weighted by molar-refractivity contribution is 0.234. The topological polar surface area (TPSA) is 110 Å². The van der Waals surface area contributed by atoms with E-state index in [4.69, 9.17) is 0 Å². The summed E-state index contributed by atoms with van der Waals surface area (Å²) in [7, 11) is 0. The molecule has 24 heavy (non-hydrogen) atoms. The molecule has 1 aliphatic heterocycles. The molecule has 0 amide bonds. The zero-order valence-electron chi connectivity index (χ0n) is 13.1. The third kappa shape index (κ3) is 2.71. The number of nitrogens with zero attached hydrogens (tertiary/aromatic N) is 2. The maximum atomic E-state index is 12.3. The standard InChI is InChI=1S/C17H19N3O4/c21-10-5-14(22)12(15(23)6-10)8-20-4-3-13-11(7-20)17(24)19-16(18-13)9-1-2-9/h5-6,9,21-23H,1-4,7-8H2,(H,18,19,24). The number of phenolic OH excluding ortho intramolecular Hbond substituents is 3. The monoisotopic (exact) mass is 329 g/mol. The number of phenols is 3. The number of hydrogen-bond donors (Lipinski definition) is 4. The summed E-state index contributed by atoms with van der Waals surface area (Å²) in [4.78, 5) is 21.8. The van der Waals surface area contributed by atoms with Gasteiger partial charge in [0, 0.05) is 49.7 Å². The second-order valence-corrected chi connectivity index (χ2v) is 6.57. The van der Waals surface area contributed by atoms with Crippen LogP contribution in [0.3, 0.4) is 0 Å². The second kappa shape index (κ2) is 5.52. The highest BCUT2D eigenvalue weighted by molar-refractivity contribution is 5.48. The van der Waals surface area contributed by atoms with Crippen molar-refractivity contribution in [3.63, 3.8) is 0 Å². The molecule has 1 aromatic carbocycles. The smallest absolute Gasteiger partial charge is 0.255 e. The van der Waals surface area contributed by atoms with Gasteiger partial charge in [0.05, 0.1) is 11.3 Å². The second-order valence-electron chi connectivity index (χ2n) is 6.57. The van der Waals surface area contributed by atoms with E-state index in [2.05, 4.69) is 9.97 Å². The van der Waals surface area contributed by atoms with Gasteiger partial charge in [0.2, 0.25) is 0 Å². The Morgan fingerprint density at radius 1 is 1.21 bits per heavy atom. The van der Waals surface area contributed by atoms with Crippen LogP contribution >= 0.6 is 0 Å². The molecule has 2 aliphatic rings. The molecule has 7 heteroatoms. The van der Waals surface area contributed by atoms with E-state index in [9.17, 15) is 20.1 Å². The van der Waals surface area contributed by atoms with Gasteiger partial charge in [-0.15, -0.1) is 0 Å². The van der Waals surface area contributed by atoms with Gasteiger partial charge >= 0.3 is 0 Å². The zero-order valence-corrected chi connectivity index (χ0v) is 13.1. The summed E-state index contributed by atoms with van der Waals surface area (Å²) < 4.78 is 0. The number of H-pyrrole nitrogens is 1. The van der Waals surface area contributed by atoms with Crippen LogP contribution in [0.15, 0.2) is 16.9 Å². The molecule has 4 N–H and O–H groups in total. The lowest BCUT2D eigenvalue weighted by Crippen LogP contribution is -2.35. The SMILES string of the molecule is O=c1[nH]c(C2CC2)nc2c1CN(Cc1c(O)cc(O)cc1O)CC2. The highest BCUT2D eigenvalue weighted by atomic mass is 16.3. The highest BCUT2D eigenvalue weighted by Gasteiger charge is 2.29. The van der Waals surface area contributed by atoms with E-state index in [0.717, 1.165) is 24.4 Å². The molecule has 2 heterocycles. The number of fused-ring (bicyclic) bond motifs is 1. The van der Waals surface area contributed by atoms with Crippen molar-refractivity contribution in [2.24, 2.45) is 0 Å². The molecule has 0 saturated heterocycles. The third-order valence-corrected chi connectivity index (χ3v) is 4.70. The first kappa shape index (κ1) is 15.0. The Labute approximate surface area is 138 Å². The van der Waals surface area contributed by atoms with Crippen LogP contribution in [0.2, 0.25) is 0 Å². The molecule has 0 atom stereocenters. The van der Waals surface area contributed by atoms with Gasteiger partial charge in [-0.2, -0.15) is 0 Å². The number of benzene rings is 1.